The average Bonchev–Trinajstić information content (AvgIpc) is 2.52. The summed E-state index contributed by atoms with van der Waals surface area (Å²) in [5, 5.41) is 29.2. The Bertz CT molecular complexity index is 848. The van der Waals surface area contributed by atoms with Crippen molar-refractivity contribution in [2.75, 3.05) is 0 Å². The number of carboxylic acid groups (broad SMARTS) is 2. The summed E-state index contributed by atoms with van der Waals surface area (Å²) in [7, 11) is 0. The molecule has 0 heterocycles. The summed E-state index contributed by atoms with van der Waals surface area (Å²) >= 11 is 3.08. The lowest BCUT2D eigenvalue weighted by Gasteiger charge is -2.30. The summed E-state index contributed by atoms with van der Waals surface area (Å²) in [5.41, 5.74) is -2.33. The van der Waals surface area contributed by atoms with Gasteiger partial charge in [-0.05, 0) is 19.1 Å². The summed E-state index contributed by atoms with van der Waals surface area (Å²) in [6.45, 7) is 1.30. The molecule has 132 valence electrons. The molecule has 1 aromatic rings. The van der Waals surface area contributed by atoms with Gasteiger partial charge >= 0.3 is 11.9 Å². The molecule has 0 radical (unpaired) electrons. The van der Waals surface area contributed by atoms with Crippen LogP contribution in [0, 0.1) is 21.3 Å². The summed E-state index contributed by atoms with van der Waals surface area (Å²) < 4.78 is 19.3. The Morgan fingerprint density at radius 2 is 2.04 bits per heavy atom. The summed E-state index contributed by atoms with van der Waals surface area (Å²) in [4.78, 5) is 32.6. The van der Waals surface area contributed by atoms with E-state index in [4.69, 9.17) is 4.74 Å². The van der Waals surface area contributed by atoms with Crippen molar-refractivity contribution >= 4 is 33.6 Å². The lowest BCUT2D eigenvalue weighted by Crippen LogP contribution is -2.33. The molecule has 25 heavy (non-hydrogen) atoms. The number of rotatable bonds is 5. The van der Waals surface area contributed by atoms with Crippen LogP contribution in [0.25, 0.3) is 0 Å². The van der Waals surface area contributed by atoms with E-state index >= 15 is 0 Å². The van der Waals surface area contributed by atoms with Gasteiger partial charge in [0.05, 0.1) is 15.5 Å². The first-order chi connectivity index (χ1) is 11.6. The van der Waals surface area contributed by atoms with Crippen molar-refractivity contribution in [3.8, 4) is 5.75 Å². The molecule has 1 unspecified atom stereocenters. The van der Waals surface area contributed by atoms with Gasteiger partial charge in [0.2, 0.25) is 0 Å². The van der Waals surface area contributed by atoms with E-state index in [-0.39, 0.29) is 22.2 Å². The van der Waals surface area contributed by atoms with Crippen molar-refractivity contribution < 1.29 is 33.9 Å². The van der Waals surface area contributed by atoms with Gasteiger partial charge in [-0.3, -0.25) is 14.9 Å². The number of hydrogen-bond acceptors (Lipinski definition) is 5. The molecule has 0 bridgehead atoms. The van der Waals surface area contributed by atoms with Gasteiger partial charge in [-0.15, -0.1) is 0 Å². The third-order valence-corrected chi connectivity index (χ3v) is 4.91. The number of nitro groups is 1. The minimum Gasteiger partial charge on any atom is -0.481 e. The number of aliphatic carboxylic acids is 2. The molecule has 1 atom stereocenters. The third-order valence-electron chi connectivity index (χ3n) is 3.64. The molecule has 0 saturated carbocycles. The van der Waals surface area contributed by atoms with Gasteiger partial charge in [0.1, 0.15) is 11.2 Å². The molecule has 0 spiro atoms. The smallest absolute Gasteiger partial charge is 0.331 e. The van der Waals surface area contributed by atoms with E-state index in [0.717, 1.165) is 18.2 Å². The fraction of sp³-hybridized carbons (Fsp3) is 0.200. The maximum atomic E-state index is 14.0. The zero-order valence-corrected chi connectivity index (χ0v) is 14.2. The number of halogens is 2. The third kappa shape index (κ3) is 3.53. The summed E-state index contributed by atoms with van der Waals surface area (Å²) in [5.74, 6) is -4.29. The number of non-ortho nitro benzene ring substituents is 1. The quantitative estimate of drug-likeness (QED) is 0.557. The number of hydrogen-bond donors (Lipinski definition) is 2. The summed E-state index contributed by atoms with van der Waals surface area (Å²) in [6, 6.07) is 2.65. The van der Waals surface area contributed by atoms with Gasteiger partial charge in [0, 0.05) is 18.1 Å². The fourth-order valence-electron chi connectivity index (χ4n) is 2.19. The minimum atomic E-state index is -1.62. The van der Waals surface area contributed by atoms with Gasteiger partial charge in [-0.1, -0.05) is 15.9 Å². The highest BCUT2D eigenvalue weighted by molar-refractivity contribution is 9.11. The standard InChI is InChI=1S/C15H11BrFNO7/c1-15(14(21)22)6-7(13(19)20)4-11(12(15)16)25-10-3-2-8(18(23)24)5-9(10)17/h2-5H,6H2,1H3,(H,19,20)(H,21,22). The number of allylic oxidation sites excluding steroid dienone is 1. The molecule has 0 aliphatic heterocycles. The number of carboxylic acids is 2. The highest BCUT2D eigenvalue weighted by Crippen LogP contribution is 2.44. The zero-order chi connectivity index (χ0) is 18.9. The summed E-state index contributed by atoms with van der Waals surface area (Å²) in [6.07, 6.45) is 0.784. The molecule has 10 heteroatoms. The van der Waals surface area contributed by atoms with Crippen LogP contribution in [0.5, 0.6) is 5.75 Å². The van der Waals surface area contributed by atoms with Crippen molar-refractivity contribution in [3.05, 3.63) is 56.0 Å². The van der Waals surface area contributed by atoms with Crippen LogP contribution in [0.1, 0.15) is 13.3 Å². The molecule has 1 aliphatic carbocycles. The van der Waals surface area contributed by atoms with Crippen LogP contribution >= 0.6 is 15.9 Å². The number of carbonyl (C=O) groups is 2. The molecule has 1 aliphatic rings. The Labute approximate surface area is 148 Å². The van der Waals surface area contributed by atoms with Crippen LogP contribution in [0.3, 0.4) is 0 Å². The highest BCUT2D eigenvalue weighted by Gasteiger charge is 2.43. The highest BCUT2D eigenvalue weighted by atomic mass is 79.9. The van der Waals surface area contributed by atoms with Crippen LogP contribution in [0.2, 0.25) is 0 Å². The molecule has 1 aromatic carbocycles. The van der Waals surface area contributed by atoms with Crippen molar-refractivity contribution in [1.82, 2.24) is 0 Å². The first-order valence-corrected chi connectivity index (χ1v) is 7.55. The molecule has 0 saturated heterocycles. The Morgan fingerprint density at radius 1 is 1.40 bits per heavy atom. The maximum Gasteiger partial charge on any atom is 0.331 e. The van der Waals surface area contributed by atoms with Gasteiger partial charge in [0.25, 0.3) is 5.69 Å². The molecule has 0 aromatic heterocycles. The Balaban J connectivity index is 2.50. The second-order valence-electron chi connectivity index (χ2n) is 5.44. The maximum absolute atomic E-state index is 14.0. The van der Waals surface area contributed by atoms with E-state index < -0.39 is 39.5 Å². The van der Waals surface area contributed by atoms with Crippen LogP contribution in [-0.2, 0) is 9.59 Å². The molecule has 0 amide bonds. The average molecular weight is 416 g/mol. The van der Waals surface area contributed by atoms with Crippen LogP contribution < -0.4 is 4.74 Å². The molecule has 2 N–H and O–H groups in total. The van der Waals surface area contributed by atoms with Crippen molar-refractivity contribution in [3.63, 3.8) is 0 Å². The number of ether oxygens (including phenoxy) is 1. The van der Waals surface area contributed by atoms with E-state index in [9.17, 15) is 34.3 Å². The first-order valence-electron chi connectivity index (χ1n) is 6.75. The lowest BCUT2D eigenvalue weighted by molar-refractivity contribution is -0.385. The normalized spacial score (nSPS) is 20.0. The van der Waals surface area contributed by atoms with Gasteiger partial charge < -0.3 is 14.9 Å². The monoisotopic (exact) mass is 415 g/mol. The largest absolute Gasteiger partial charge is 0.481 e. The SMILES string of the molecule is CC1(C(=O)O)CC(C(=O)O)=CC(Oc2ccc([N+](=O)[O-])cc2F)=C1Br. The molecule has 0 fully saturated rings. The van der Waals surface area contributed by atoms with E-state index in [1.54, 1.807) is 0 Å². The Kier molecular flexibility index (Phi) is 4.93. The number of nitro benzene ring substituents is 1. The predicted octanol–water partition coefficient (Wildman–Crippen LogP) is 3.22. The van der Waals surface area contributed by atoms with Crippen molar-refractivity contribution in [2.24, 2.45) is 5.41 Å². The van der Waals surface area contributed by atoms with Crippen molar-refractivity contribution in [2.45, 2.75) is 13.3 Å². The fourth-order valence-corrected chi connectivity index (χ4v) is 2.69. The van der Waals surface area contributed by atoms with Crippen LogP contribution in [-0.4, -0.2) is 27.1 Å². The number of nitrogens with zero attached hydrogens (tertiary/aromatic N) is 1. The first kappa shape index (κ1) is 18.6. The topological polar surface area (TPSA) is 127 Å². The van der Waals surface area contributed by atoms with E-state index in [0.29, 0.717) is 6.07 Å². The second-order valence-corrected chi connectivity index (χ2v) is 6.23. The zero-order valence-electron chi connectivity index (χ0n) is 12.7. The van der Waals surface area contributed by atoms with Gasteiger partial charge in [0.15, 0.2) is 11.6 Å². The Hall–Kier alpha value is -2.75. The lowest BCUT2D eigenvalue weighted by atomic mass is 9.79. The Morgan fingerprint density at radius 3 is 2.52 bits per heavy atom. The van der Waals surface area contributed by atoms with Crippen LogP contribution in [0.15, 0.2) is 40.1 Å². The van der Waals surface area contributed by atoms with E-state index in [1.165, 1.54) is 6.92 Å². The minimum absolute atomic E-state index is 0.0234. The van der Waals surface area contributed by atoms with Crippen molar-refractivity contribution in [1.29, 1.82) is 0 Å². The molecular weight excluding hydrogens is 405 g/mol. The van der Waals surface area contributed by atoms with E-state index in [2.05, 4.69) is 15.9 Å². The molecular formula is C15H11BrFNO7. The second kappa shape index (κ2) is 6.63. The molecule has 8 nitrogen and oxygen atoms in total. The van der Waals surface area contributed by atoms with E-state index in [1.807, 2.05) is 0 Å². The molecule has 2 rings (SSSR count). The van der Waals surface area contributed by atoms with Crippen LogP contribution in [0.4, 0.5) is 10.1 Å². The number of benzene rings is 1. The van der Waals surface area contributed by atoms with Gasteiger partial charge in [-0.2, -0.15) is 0 Å². The predicted molar refractivity (Wildman–Crippen MR) is 85.7 cm³/mol. The van der Waals surface area contributed by atoms with Gasteiger partial charge in [-0.25, -0.2) is 9.18 Å².